The van der Waals surface area contributed by atoms with Crippen LogP contribution in [0.5, 0.6) is 5.75 Å². The number of nitrogens with one attached hydrogen (secondary N) is 1. The van der Waals surface area contributed by atoms with Gasteiger partial charge in [-0.15, -0.1) is 0 Å². The molecule has 1 amide bonds. The highest BCUT2D eigenvalue weighted by Gasteiger charge is 2.02. The van der Waals surface area contributed by atoms with Crippen LogP contribution in [0.3, 0.4) is 0 Å². The number of aryl methyl sites for hydroxylation is 1. The fourth-order valence-electron chi connectivity index (χ4n) is 2.30. The molecule has 0 unspecified atom stereocenters. The van der Waals surface area contributed by atoms with Crippen LogP contribution >= 0.6 is 0 Å². The fraction of sp³-hybridized carbons (Fsp3) is 0.350. The van der Waals surface area contributed by atoms with Crippen LogP contribution in [0.4, 0.5) is 0 Å². The Kier molecular flexibility index (Phi) is 6.67. The van der Waals surface area contributed by atoms with Gasteiger partial charge in [0.1, 0.15) is 12.4 Å². The van der Waals surface area contributed by atoms with Crippen molar-refractivity contribution in [1.29, 1.82) is 0 Å². The maximum Gasteiger partial charge on any atom is 0.220 e. The lowest BCUT2D eigenvalue weighted by Gasteiger charge is -2.10. The Morgan fingerprint density at radius 3 is 2.39 bits per heavy atom. The number of hydrogen-bond acceptors (Lipinski definition) is 2. The number of hydrogen-bond donors (Lipinski definition) is 1. The predicted octanol–water partition coefficient (Wildman–Crippen LogP) is 3.94. The molecule has 0 aliphatic carbocycles. The highest BCUT2D eigenvalue weighted by atomic mass is 16.5. The Morgan fingerprint density at radius 2 is 1.74 bits per heavy atom. The van der Waals surface area contributed by atoms with Crippen LogP contribution in [0.15, 0.2) is 54.6 Å². The average molecular weight is 311 g/mol. The molecule has 0 heterocycles. The fourth-order valence-corrected chi connectivity index (χ4v) is 2.30. The van der Waals surface area contributed by atoms with E-state index in [1.54, 1.807) is 0 Å². The number of amides is 1. The van der Waals surface area contributed by atoms with E-state index in [9.17, 15) is 4.79 Å². The first-order valence-corrected chi connectivity index (χ1v) is 8.18. The number of carbonyl (C=O) groups is 1. The molecule has 0 aliphatic heterocycles. The summed E-state index contributed by atoms with van der Waals surface area (Å²) in [7, 11) is 0. The number of rotatable bonds is 8. The van der Waals surface area contributed by atoms with E-state index in [0.717, 1.165) is 12.2 Å². The summed E-state index contributed by atoms with van der Waals surface area (Å²) >= 11 is 0. The molecule has 23 heavy (non-hydrogen) atoms. The molecule has 1 N–H and O–H groups in total. The topological polar surface area (TPSA) is 38.3 Å². The van der Waals surface area contributed by atoms with Crippen molar-refractivity contribution >= 4 is 5.91 Å². The summed E-state index contributed by atoms with van der Waals surface area (Å²) in [5.74, 6) is 1.42. The molecule has 0 spiro atoms. The summed E-state index contributed by atoms with van der Waals surface area (Å²) in [5.41, 5.74) is 2.48. The second kappa shape index (κ2) is 8.99. The molecular formula is C20H25NO2. The summed E-state index contributed by atoms with van der Waals surface area (Å²) in [6, 6.07) is 18.2. The van der Waals surface area contributed by atoms with Gasteiger partial charge < -0.3 is 10.1 Å². The molecule has 2 aromatic carbocycles. The first-order chi connectivity index (χ1) is 11.1. The molecule has 0 radical (unpaired) electrons. The molecule has 122 valence electrons. The molecule has 0 fully saturated rings. The third kappa shape index (κ3) is 6.15. The van der Waals surface area contributed by atoms with Gasteiger partial charge in [0, 0.05) is 6.42 Å². The smallest absolute Gasteiger partial charge is 0.220 e. The average Bonchev–Trinajstić information content (AvgIpc) is 2.58. The van der Waals surface area contributed by atoms with Crippen LogP contribution < -0.4 is 10.1 Å². The van der Waals surface area contributed by atoms with Crippen molar-refractivity contribution in [1.82, 2.24) is 5.32 Å². The van der Waals surface area contributed by atoms with Gasteiger partial charge in [0.05, 0.1) is 6.54 Å². The van der Waals surface area contributed by atoms with Crippen molar-refractivity contribution in [3.63, 3.8) is 0 Å². The standard InChI is InChI=1S/C20H25NO2/c1-16(2)18-9-11-19(12-10-18)23-15-14-21-20(22)13-8-17-6-4-3-5-7-17/h3-7,9-12,16H,8,13-15H2,1-2H3,(H,21,22). The zero-order valence-corrected chi connectivity index (χ0v) is 13.9. The third-order valence-corrected chi connectivity index (χ3v) is 3.72. The lowest BCUT2D eigenvalue weighted by Crippen LogP contribution is -2.28. The van der Waals surface area contributed by atoms with Gasteiger partial charge >= 0.3 is 0 Å². The Hall–Kier alpha value is -2.29. The van der Waals surface area contributed by atoms with Gasteiger partial charge in [-0.1, -0.05) is 56.3 Å². The van der Waals surface area contributed by atoms with Crippen LogP contribution in [-0.4, -0.2) is 19.1 Å². The maximum absolute atomic E-state index is 11.8. The highest BCUT2D eigenvalue weighted by Crippen LogP contribution is 2.18. The zero-order chi connectivity index (χ0) is 16.5. The Morgan fingerprint density at radius 1 is 1.04 bits per heavy atom. The molecule has 2 rings (SSSR count). The van der Waals surface area contributed by atoms with E-state index in [0.29, 0.717) is 25.5 Å². The van der Waals surface area contributed by atoms with Gasteiger partial charge in [-0.05, 0) is 35.6 Å². The van der Waals surface area contributed by atoms with Crippen molar-refractivity contribution in [3.8, 4) is 5.75 Å². The van der Waals surface area contributed by atoms with E-state index in [1.165, 1.54) is 11.1 Å². The summed E-state index contributed by atoms with van der Waals surface area (Å²) in [6.45, 7) is 5.35. The molecule has 2 aromatic rings. The Bertz CT molecular complexity index is 591. The normalized spacial score (nSPS) is 10.6. The minimum Gasteiger partial charge on any atom is -0.492 e. The molecule has 3 nitrogen and oxygen atoms in total. The highest BCUT2D eigenvalue weighted by molar-refractivity contribution is 5.76. The van der Waals surface area contributed by atoms with Gasteiger partial charge in [-0.2, -0.15) is 0 Å². The van der Waals surface area contributed by atoms with E-state index in [2.05, 4.69) is 31.3 Å². The Labute approximate surface area is 138 Å². The largest absolute Gasteiger partial charge is 0.492 e. The molecule has 0 atom stereocenters. The molecule has 0 saturated carbocycles. The molecule has 0 bridgehead atoms. The minimum absolute atomic E-state index is 0.0626. The second-order valence-corrected chi connectivity index (χ2v) is 5.91. The van der Waals surface area contributed by atoms with Crippen molar-refractivity contribution in [2.24, 2.45) is 0 Å². The lowest BCUT2D eigenvalue weighted by molar-refractivity contribution is -0.121. The van der Waals surface area contributed by atoms with Gasteiger partial charge in [-0.25, -0.2) is 0 Å². The number of ether oxygens (including phenoxy) is 1. The number of benzene rings is 2. The molecule has 0 aromatic heterocycles. The zero-order valence-electron chi connectivity index (χ0n) is 13.9. The van der Waals surface area contributed by atoms with Gasteiger partial charge in [-0.3, -0.25) is 4.79 Å². The van der Waals surface area contributed by atoms with Gasteiger partial charge in [0.15, 0.2) is 0 Å². The maximum atomic E-state index is 11.8. The quantitative estimate of drug-likeness (QED) is 0.750. The number of carbonyl (C=O) groups excluding carboxylic acids is 1. The van der Waals surface area contributed by atoms with Gasteiger partial charge in [0.2, 0.25) is 5.91 Å². The predicted molar refractivity (Wildman–Crippen MR) is 93.8 cm³/mol. The third-order valence-electron chi connectivity index (χ3n) is 3.72. The lowest BCUT2D eigenvalue weighted by atomic mass is 10.0. The first kappa shape index (κ1) is 17.1. The molecule has 0 aliphatic rings. The van der Waals surface area contributed by atoms with E-state index in [1.807, 2.05) is 42.5 Å². The molecule has 0 saturated heterocycles. The van der Waals surface area contributed by atoms with Crippen LogP contribution in [0.2, 0.25) is 0 Å². The summed E-state index contributed by atoms with van der Waals surface area (Å²) in [5, 5.41) is 2.89. The molecule has 3 heteroatoms. The van der Waals surface area contributed by atoms with Crippen LogP contribution in [0.1, 0.15) is 37.3 Å². The van der Waals surface area contributed by atoms with E-state index in [4.69, 9.17) is 4.74 Å². The van der Waals surface area contributed by atoms with Crippen molar-refractivity contribution in [2.75, 3.05) is 13.2 Å². The van der Waals surface area contributed by atoms with E-state index >= 15 is 0 Å². The summed E-state index contributed by atoms with van der Waals surface area (Å²) in [4.78, 5) is 11.8. The summed E-state index contributed by atoms with van der Waals surface area (Å²) in [6.07, 6.45) is 1.28. The Balaban J connectivity index is 1.62. The van der Waals surface area contributed by atoms with Crippen LogP contribution in [-0.2, 0) is 11.2 Å². The summed E-state index contributed by atoms with van der Waals surface area (Å²) < 4.78 is 5.64. The van der Waals surface area contributed by atoms with E-state index in [-0.39, 0.29) is 5.91 Å². The van der Waals surface area contributed by atoms with Crippen LogP contribution in [0, 0.1) is 0 Å². The van der Waals surface area contributed by atoms with Crippen molar-refractivity contribution in [3.05, 3.63) is 65.7 Å². The van der Waals surface area contributed by atoms with Gasteiger partial charge in [0.25, 0.3) is 0 Å². The monoisotopic (exact) mass is 311 g/mol. The second-order valence-electron chi connectivity index (χ2n) is 5.91. The first-order valence-electron chi connectivity index (χ1n) is 8.18. The van der Waals surface area contributed by atoms with E-state index < -0.39 is 0 Å². The minimum atomic E-state index is 0.0626. The SMILES string of the molecule is CC(C)c1ccc(OCCNC(=O)CCc2ccccc2)cc1. The van der Waals surface area contributed by atoms with Crippen LogP contribution in [0.25, 0.3) is 0 Å². The molecular weight excluding hydrogens is 286 g/mol. The van der Waals surface area contributed by atoms with Crippen molar-refractivity contribution < 1.29 is 9.53 Å². The van der Waals surface area contributed by atoms with Crippen molar-refractivity contribution in [2.45, 2.75) is 32.6 Å².